The molecule has 3 atom stereocenters. The first-order valence-electron chi connectivity index (χ1n) is 10.3. The Kier molecular flexibility index (Phi) is 5.01. The van der Waals surface area contributed by atoms with Crippen molar-refractivity contribution in [3.05, 3.63) is 107 Å². The smallest absolute Gasteiger partial charge is 0.123 e. The lowest BCUT2D eigenvalue weighted by Gasteiger charge is -2.55. The first-order chi connectivity index (χ1) is 14.2. The van der Waals surface area contributed by atoms with Crippen LogP contribution in [0.3, 0.4) is 0 Å². The minimum atomic E-state index is -0.151. The van der Waals surface area contributed by atoms with Gasteiger partial charge in [-0.15, -0.1) is 0 Å². The van der Waals surface area contributed by atoms with E-state index in [-0.39, 0.29) is 5.82 Å². The quantitative estimate of drug-likeness (QED) is 0.627. The van der Waals surface area contributed by atoms with Gasteiger partial charge in [0.2, 0.25) is 0 Å². The predicted molar refractivity (Wildman–Crippen MR) is 117 cm³/mol. The summed E-state index contributed by atoms with van der Waals surface area (Å²) >= 11 is 0. The average molecular weight is 384 g/mol. The molecule has 0 aliphatic carbocycles. The fraction of sp³-hybridized carbons (Fsp3) is 0.231. The van der Waals surface area contributed by atoms with E-state index in [4.69, 9.17) is 0 Å². The lowest BCUT2D eigenvalue weighted by atomic mass is 9.74. The van der Waals surface area contributed by atoms with Crippen LogP contribution in [0.15, 0.2) is 78.9 Å². The Morgan fingerprint density at radius 1 is 0.828 bits per heavy atom. The number of nitrogens with one attached hydrogen (secondary N) is 1. The van der Waals surface area contributed by atoms with Crippen LogP contribution in [0, 0.1) is 5.82 Å². The van der Waals surface area contributed by atoms with E-state index < -0.39 is 0 Å². The number of hydrogen-bond donors (Lipinski definition) is 1. The lowest BCUT2D eigenvalue weighted by Crippen LogP contribution is -2.71. The summed E-state index contributed by atoms with van der Waals surface area (Å²) in [5.74, 6) is 0.424. The van der Waals surface area contributed by atoms with Crippen molar-refractivity contribution in [2.75, 3.05) is 13.1 Å². The third-order valence-corrected chi connectivity index (χ3v) is 6.09. The zero-order valence-corrected chi connectivity index (χ0v) is 16.3. The van der Waals surface area contributed by atoms with Crippen LogP contribution < -0.4 is 5.32 Å². The number of piperazine rings is 1. The van der Waals surface area contributed by atoms with Gasteiger partial charge in [-0.2, -0.15) is 0 Å². The van der Waals surface area contributed by atoms with Crippen molar-refractivity contribution >= 4 is 12.2 Å². The van der Waals surface area contributed by atoms with Crippen LogP contribution in [0.1, 0.15) is 28.2 Å². The van der Waals surface area contributed by atoms with Crippen molar-refractivity contribution in [1.29, 1.82) is 0 Å². The Morgan fingerprint density at radius 2 is 1.52 bits per heavy atom. The summed E-state index contributed by atoms with van der Waals surface area (Å²) in [5.41, 5.74) is 4.91. The Labute approximate surface area is 171 Å². The summed E-state index contributed by atoms with van der Waals surface area (Å²) in [5, 5.41) is 3.69. The minimum absolute atomic E-state index is 0.151. The highest BCUT2D eigenvalue weighted by Crippen LogP contribution is 2.37. The highest BCUT2D eigenvalue weighted by Gasteiger charge is 2.46. The number of halogens is 1. The predicted octanol–water partition coefficient (Wildman–Crippen LogP) is 4.94. The topological polar surface area (TPSA) is 15.3 Å². The van der Waals surface area contributed by atoms with Gasteiger partial charge in [0.25, 0.3) is 0 Å². The van der Waals surface area contributed by atoms with Crippen LogP contribution in [0.25, 0.3) is 12.2 Å². The van der Waals surface area contributed by atoms with Crippen molar-refractivity contribution < 1.29 is 4.39 Å². The average Bonchev–Trinajstić information content (AvgIpc) is 2.74. The number of nitrogens with zero attached hydrogens (tertiary/aromatic N) is 1. The highest BCUT2D eigenvalue weighted by atomic mass is 19.1. The van der Waals surface area contributed by atoms with E-state index in [0.29, 0.717) is 18.0 Å². The van der Waals surface area contributed by atoms with E-state index in [1.165, 1.54) is 22.8 Å². The molecule has 0 aromatic heterocycles. The van der Waals surface area contributed by atoms with E-state index in [0.717, 1.165) is 25.2 Å². The molecular formula is C26H25FN2. The maximum absolute atomic E-state index is 13.4. The second kappa shape index (κ2) is 7.94. The summed E-state index contributed by atoms with van der Waals surface area (Å²) in [6, 6.07) is 27.3. The van der Waals surface area contributed by atoms with Crippen LogP contribution >= 0.6 is 0 Å². The molecule has 3 aromatic rings. The molecule has 3 saturated heterocycles. The number of fused-ring (bicyclic) bond motifs is 2. The van der Waals surface area contributed by atoms with Crippen LogP contribution in [0.4, 0.5) is 4.39 Å². The maximum atomic E-state index is 13.4. The molecular weight excluding hydrogens is 359 g/mol. The second-order valence-corrected chi connectivity index (χ2v) is 8.14. The molecule has 0 amide bonds. The second-order valence-electron chi connectivity index (χ2n) is 8.14. The van der Waals surface area contributed by atoms with Gasteiger partial charge in [-0.1, -0.05) is 78.9 Å². The lowest BCUT2D eigenvalue weighted by molar-refractivity contribution is 0.0470. The van der Waals surface area contributed by atoms with Gasteiger partial charge in [-0.25, -0.2) is 4.39 Å². The molecule has 3 fully saturated rings. The molecule has 0 spiro atoms. The molecule has 3 heteroatoms. The van der Waals surface area contributed by atoms with Crippen LogP contribution in [-0.4, -0.2) is 30.1 Å². The van der Waals surface area contributed by atoms with Gasteiger partial charge < -0.3 is 5.32 Å². The molecule has 3 aliphatic rings. The van der Waals surface area contributed by atoms with E-state index in [2.05, 4.69) is 70.9 Å². The molecule has 146 valence electrons. The summed E-state index contributed by atoms with van der Waals surface area (Å²) in [6.45, 7) is 2.84. The van der Waals surface area contributed by atoms with Crippen molar-refractivity contribution in [3.8, 4) is 0 Å². The normalized spacial score (nSPS) is 23.8. The van der Waals surface area contributed by atoms with Crippen LogP contribution in [-0.2, 0) is 6.54 Å². The summed E-state index contributed by atoms with van der Waals surface area (Å²) in [7, 11) is 0. The Morgan fingerprint density at radius 3 is 2.21 bits per heavy atom. The molecule has 2 bridgehead atoms. The summed E-state index contributed by atoms with van der Waals surface area (Å²) in [4.78, 5) is 2.44. The van der Waals surface area contributed by atoms with Gasteiger partial charge >= 0.3 is 0 Å². The molecule has 3 aliphatic heterocycles. The van der Waals surface area contributed by atoms with E-state index in [9.17, 15) is 4.39 Å². The summed E-state index contributed by atoms with van der Waals surface area (Å²) in [6.07, 6.45) is 4.32. The fourth-order valence-electron chi connectivity index (χ4n) is 4.68. The number of piperidine rings is 1. The molecule has 0 radical (unpaired) electrons. The van der Waals surface area contributed by atoms with E-state index in [1.807, 2.05) is 12.1 Å². The fourth-order valence-corrected chi connectivity index (χ4v) is 4.68. The monoisotopic (exact) mass is 384 g/mol. The van der Waals surface area contributed by atoms with Gasteiger partial charge in [-0.3, -0.25) is 4.90 Å². The molecule has 3 aromatic carbocycles. The van der Waals surface area contributed by atoms with Gasteiger partial charge in [0.1, 0.15) is 5.82 Å². The zero-order chi connectivity index (χ0) is 19.6. The van der Waals surface area contributed by atoms with Crippen molar-refractivity contribution in [3.63, 3.8) is 0 Å². The molecule has 6 rings (SSSR count). The van der Waals surface area contributed by atoms with Gasteiger partial charge in [-0.05, 0) is 34.4 Å². The van der Waals surface area contributed by atoms with Gasteiger partial charge in [0.05, 0.1) is 0 Å². The number of rotatable bonds is 5. The highest BCUT2D eigenvalue weighted by molar-refractivity contribution is 5.69. The Bertz CT molecular complexity index is 985. The SMILES string of the molecule is Fc1cccc(CN2C[C@@H]3N[C@H](C2)C3c2ccc(C=Cc3ccccc3)cc2)c1. The Balaban J connectivity index is 1.21. The van der Waals surface area contributed by atoms with Crippen molar-refractivity contribution in [2.24, 2.45) is 0 Å². The van der Waals surface area contributed by atoms with Crippen molar-refractivity contribution in [2.45, 2.75) is 24.5 Å². The van der Waals surface area contributed by atoms with E-state index in [1.54, 1.807) is 12.1 Å². The van der Waals surface area contributed by atoms with Gasteiger partial charge in [0.15, 0.2) is 0 Å². The Hall–Kier alpha value is -2.75. The standard InChI is InChI=1S/C26H25FN2/c27-23-8-4-7-21(15-23)16-29-17-24-26(25(18-29)28-24)22-13-11-20(12-14-22)10-9-19-5-2-1-3-6-19/h1-15,24-26,28H,16-18H2/t24-,25+,26?. The third-order valence-electron chi connectivity index (χ3n) is 6.09. The molecule has 29 heavy (non-hydrogen) atoms. The largest absolute Gasteiger partial charge is 0.307 e. The van der Waals surface area contributed by atoms with Gasteiger partial charge in [0, 0.05) is 37.6 Å². The first-order valence-corrected chi connectivity index (χ1v) is 10.3. The molecule has 1 N–H and O–H groups in total. The third kappa shape index (κ3) is 4.02. The zero-order valence-electron chi connectivity index (χ0n) is 16.3. The molecule has 3 heterocycles. The minimum Gasteiger partial charge on any atom is -0.307 e. The van der Waals surface area contributed by atoms with Crippen LogP contribution in [0.2, 0.25) is 0 Å². The molecule has 0 saturated carbocycles. The van der Waals surface area contributed by atoms with Crippen molar-refractivity contribution in [1.82, 2.24) is 10.2 Å². The first kappa shape index (κ1) is 18.3. The number of hydrogen-bond acceptors (Lipinski definition) is 2. The maximum Gasteiger partial charge on any atom is 0.123 e. The van der Waals surface area contributed by atoms with E-state index >= 15 is 0 Å². The summed E-state index contributed by atoms with van der Waals surface area (Å²) < 4.78 is 13.4. The molecule has 2 nitrogen and oxygen atoms in total. The van der Waals surface area contributed by atoms with Crippen LogP contribution in [0.5, 0.6) is 0 Å². The number of benzene rings is 3. The molecule has 1 unspecified atom stereocenters.